The van der Waals surface area contributed by atoms with Gasteiger partial charge in [0.2, 0.25) is 0 Å². The summed E-state index contributed by atoms with van der Waals surface area (Å²) < 4.78 is 13.7. The molecule has 0 saturated carbocycles. The van der Waals surface area contributed by atoms with Gasteiger partial charge >= 0.3 is 6.03 Å². The molecule has 2 aliphatic rings. The van der Waals surface area contributed by atoms with Gasteiger partial charge in [0.1, 0.15) is 5.82 Å². The van der Waals surface area contributed by atoms with E-state index in [0.717, 1.165) is 35.4 Å². The van der Waals surface area contributed by atoms with E-state index in [2.05, 4.69) is 5.32 Å². The second-order valence-corrected chi connectivity index (χ2v) is 10.1. The fraction of sp³-hybridized carbons (Fsp3) is 0.320. The van der Waals surface area contributed by atoms with Gasteiger partial charge in [0.15, 0.2) is 0 Å². The minimum Gasteiger partial charge on any atom is -0.312 e. The van der Waals surface area contributed by atoms with Crippen LogP contribution in [0.3, 0.4) is 0 Å². The normalized spacial score (nSPS) is 17.7. The molecule has 2 aromatic carbocycles. The Balaban J connectivity index is 1.52. The zero-order valence-electron chi connectivity index (χ0n) is 17.5. The third kappa shape index (κ3) is 3.99. The number of rotatable bonds is 3. The van der Waals surface area contributed by atoms with Crippen LogP contribution in [0.25, 0.3) is 0 Å². The molecule has 3 nitrogen and oxygen atoms in total. The molecular formula is C25H25FN2OS2. The van der Waals surface area contributed by atoms with Crippen molar-refractivity contribution >= 4 is 34.8 Å². The van der Waals surface area contributed by atoms with E-state index in [1.807, 2.05) is 58.9 Å². The van der Waals surface area contributed by atoms with Crippen molar-refractivity contribution in [2.75, 3.05) is 18.1 Å². The molecule has 2 heterocycles. The summed E-state index contributed by atoms with van der Waals surface area (Å²) in [5, 5.41) is 3.09. The maximum absolute atomic E-state index is 13.7. The van der Waals surface area contributed by atoms with Crippen molar-refractivity contribution < 1.29 is 9.18 Å². The molecule has 3 aromatic rings. The molecule has 0 saturated heterocycles. The van der Waals surface area contributed by atoms with Gasteiger partial charge in [-0.15, -0.1) is 23.1 Å². The number of carbonyl (C=O) groups excluding carboxylic acids is 1. The van der Waals surface area contributed by atoms with Crippen molar-refractivity contribution in [1.82, 2.24) is 4.90 Å². The number of aryl methyl sites for hydroxylation is 1. The fourth-order valence-corrected chi connectivity index (χ4v) is 6.78. The number of nitrogens with zero attached hydrogens (tertiary/aromatic N) is 1. The van der Waals surface area contributed by atoms with Crippen molar-refractivity contribution in [3.05, 3.63) is 80.8 Å². The molecule has 0 radical (unpaired) electrons. The molecule has 1 N–H and O–H groups in total. The highest BCUT2D eigenvalue weighted by Crippen LogP contribution is 2.45. The number of hydrogen-bond acceptors (Lipinski definition) is 3. The monoisotopic (exact) mass is 452 g/mol. The summed E-state index contributed by atoms with van der Waals surface area (Å²) in [6.45, 7) is 0.659. The largest absolute Gasteiger partial charge is 0.322 e. The number of anilines is 1. The topological polar surface area (TPSA) is 32.3 Å². The molecule has 1 aliphatic carbocycles. The summed E-state index contributed by atoms with van der Waals surface area (Å²) in [6, 6.07) is 14.3. The molecule has 0 fully saturated rings. The zero-order valence-corrected chi connectivity index (χ0v) is 19.1. The summed E-state index contributed by atoms with van der Waals surface area (Å²) in [7, 11) is 0. The van der Waals surface area contributed by atoms with Gasteiger partial charge in [-0.3, -0.25) is 0 Å². The van der Waals surface area contributed by atoms with Crippen molar-refractivity contribution in [3.63, 3.8) is 0 Å². The highest BCUT2D eigenvalue weighted by Gasteiger charge is 2.36. The van der Waals surface area contributed by atoms with Crippen LogP contribution in [-0.2, 0) is 19.3 Å². The van der Waals surface area contributed by atoms with Gasteiger partial charge in [-0.2, -0.15) is 0 Å². The van der Waals surface area contributed by atoms with Crippen LogP contribution in [0.2, 0.25) is 0 Å². The van der Waals surface area contributed by atoms with E-state index in [4.69, 9.17) is 0 Å². The predicted octanol–water partition coefficient (Wildman–Crippen LogP) is 6.67. The van der Waals surface area contributed by atoms with Crippen molar-refractivity contribution in [2.45, 2.75) is 43.0 Å². The molecule has 0 spiro atoms. The lowest BCUT2D eigenvalue weighted by Crippen LogP contribution is -2.42. The van der Waals surface area contributed by atoms with Crippen LogP contribution in [0.4, 0.5) is 14.9 Å². The van der Waals surface area contributed by atoms with Gasteiger partial charge < -0.3 is 10.2 Å². The van der Waals surface area contributed by atoms with Crippen LogP contribution in [0.1, 0.15) is 45.3 Å². The number of thiophene rings is 1. The fourth-order valence-electron chi connectivity index (χ4n) is 4.74. The number of hydrogen-bond donors (Lipinski definition) is 1. The quantitative estimate of drug-likeness (QED) is 0.450. The number of carbonyl (C=O) groups is 1. The first-order chi connectivity index (χ1) is 15.1. The third-order valence-corrected chi connectivity index (χ3v) is 8.35. The van der Waals surface area contributed by atoms with E-state index >= 15 is 0 Å². The van der Waals surface area contributed by atoms with Gasteiger partial charge in [-0.05, 0) is 85.4 Å². The smallest absolute Gasteiger partial charge is 0.312 e. The van der Waals surface area contributed by atoms with Crippen LogP contribution < -0.4 is 5.32 Å². The van der Waals surface area contributed by atoms with E-state index in [0.29, 0.717) is 6.54 Å². The van der Waals surface area contributed by atoms with Crippen LogP contribution in [-0.4, -0.2) is 23.7 Å². The van der Waals surface area contributed by atoms with Gasteiger partial charge in [0.05, 0.1) is 6.04 Å². The Kier molecular flexibility index (Phi) is 5.76. The highest BCUT2D eigenvalue weighted by atomic mass is 32.2. The first-order valence-electron chi connectivity index (χ1n) is 10.7. The molecule has 1 aromatic heterocycles. The number of fused-ring (bicyclic) bond motifs is 3. The summed E-state index contributed by atoms with van der Waals surface area (Å²) in [5.74, 6) is -0.255. The second kappa shape index (κ2) is 8.67. The summed E-state index contributed by atoms with van der Waals surface area (Å²) >= 11 is 3.51. The van der Waals surface area contributed by atoms with Crippen LogP contribution in [0.15, 0.2) is 53.4 Å². The first-order valence-corrected chi connectivity index (χ1v) is 12.8. The van der Waals surface area contributed by atoms with Crippen LogP contribution >= 0.6 is 23.1 Å². The molecule has 6 heteroatoms. The van der Waals surface area contributed by atoms with Crippen molar-refractivity contribution in [2.24, 2.45) is 0 Å². The molecule has 2 amide bonds. The average molecular weight is 453 g/mol. The zero-order chi connectivity index (χ0) is 21.4. The Hall–Kier alpha value is -2.31. The van der Waals surface area contributed by atoms with Crippen LogP contribution in [0.5, 0.6) is 0 Å². The molecular weight excluding hydrogens is 427 g/mol. The number of urea groups is 1. The van der Waals surface area contributed by atoms with Crippen molar-refractivity contribution in [3.8, 4) is 0 Å². The Morgan fingerprint density at radius 3 is 2.71 bits per heavy atom. The minimum absolute atomic E-state index is 0.107. The molecule has 0 unspecified atom stereocenters. The molecule has 31 heavy (non-hydrogen) atoms. The van der Waals surface area contributed by atoms with E-state index in [-0.39, 0.29) is 17.9 Å². The molecule has 160 valence electrons. The molecule has 1 aliphatic heterocycles. The Morgan fingerprint density at radius 2 is 1.90 bits per heavy atom. The van der Waals surface area contributed by atoms with E-state index in [1.165, 1.54) is 45.9 Å². The number of nitrogens with one attached hydrogen (secondary N) is 1. The maximum atomic E-state index is 13.7. The highest BCUT2D eigenvalue weighted by molar-refractivity contribution is 7.98. The standard InChI is InChI=1S/C25H25FN2OS2/c1-30-19-6-4-5-18(15-19)27-25(29)28-14-13-21-20-7-2-3-8-22(20)31-24(21)23(28)16-9-11-17(26)12-10-16/h4-6,9-12,15,23H,2-3,7-8,13-14H2,1H3,(H,27,29)/t23-/m1/s1. The van der Waals surface area contributed by atoms with E-state index in [1.54, 1.807) is 11.8 Å². The summed E-state index contributed by atoms with van der Waals surface area (Å²) in [6.07, 6.45) is 7.67. The number of thioether (sulfide) groups is 1. The average Bonchev–Trinajstić information content (AvgIpc) is 3.18. The molecule has 5 rings (SSSR count). The van der Waals surface area contributed by atoms with E-state index in [9.17, 15) is 9.18 Å². The maximum Gasteiger partial charge on any atom is 0.322 e. The Morgan fingerprint density at radius 1 is 1.10 bits per heavy atom. The molecule has 1 atom stereocenters. The number of halogens is 1. The molecule has 0 bridgehead atoms. The van der Waals surface area contributed by atoms with Gasteiger partial charge in [-0.25, -0.2) is 9.18 Å². The number of amides is 2. The van der Waals surface area contributed by atoms with Crippen LogP contribution in [0, 0.1) is 5.82 Å². The Labute approximate surface area is 190 Å². The predicted molar refractivity (Wildman–Crippen MR) is 127 cm³/mol. The van der Waals surface area contributed by atoms with Gasteiger partial charge in [0, 0.05) is 26.9 Å². The van der Waals surface area contributed by atoms with Crippen molar-refractivity contribution in [1.29, 1.82) is 0 Å². The number of benzene rings is 2. The summed E-state index contributed by atoms with van der Waals surface area (Å²) in [5.41, 5.74) is 4.72. The second-order valence-electron chi connectivity index (χ2n) is 8.11. The van der Waals surface area contributed by atoms with Gasteiger partial charge in [-0.1, -0.05) is 18.2 Å². The lowest BCUT2D eigenvalue weighted by molar-refractivity contribution is 0.195. The first kappa shape index (κ1) is 20.6. The third-order valence-electron chi connectivity index (χ3n) is 6.24. The Bertz CT molecular complexity index is 1110. The lowest BCUT2D eigenvalue weighted by atomic mass is 9.88. The van der Waals surface area contributed by atoms with Gasteiger partial charge in [0.25, 0.3) is 0 Å². The lowest BCUT2D eigenvalue weighted by Gasteiger charge is -2.36. The summed E-state index contributed by atoms with van der Waals surface area (Å²) in [4.78, 5) is 19.2. The van der Waals surface area contributed by atoms with E-state index < -0.39 is 0 Å². The SMILES string of the molecule is CSc1cccc(NC(=O)N2CCc3c(sc4c3CCCC4)[C@H]2c2ccc(F)cc2)c1. The minimum atomic E-state index is -0.255.